The number of carbonyl (C=O) groups excluding carboxylic acids is 2. The number of sulfonamides is 1. The van der Waals surface area contributed by atoms with Gasteiger partial charge in [0.2, 0.25) is 10.0 Å². The van der Waals surface area contributed by atoms with Gasteiger partial charge >= 0.3 is 0 Å². The van der Waals surface area contributed by atoms with Crippen LogP contribution in [0, 0.1) is 0 Å². The molecule has 0 saturated carbocycles. The van der Waals surface area contributed by atoms with Crippen LogP contribution in [-0.4, -0.2) is 59.3 Å². The summed E-state index contributed by atoms with van der Waals surface area (Å²) in [5.41, 5.74) is 0.453. The second-order valence-corrected chi connectivity index (χ2v) is 7.94. The van der Waals surface area contributed by atoms with Gasteiger partial charge in [-0.1, -0.05) is 13.3 Å². The number of aromatic nitrogens is 1. The largest absolute Gasteiger partial charge is 0.280 e. The summed E-state index contributed by atoms with van der Waals surface area (Å²) < 4.78 is 25.9. The van der Waals surface area contributed by atoms with Crippen LogP contribution in [0.1, 0.15) is 47.0 Å². The van der Waals surface area contributed by atoms with E-state index in [0.717, 1.165) is 6.42 Å². The first kappa shape index (κ1) is 16.1. The Kier molecular flexibility index (Phi) is 4.20. The van der Waals surface area contributed by atoms with E-state index in [1.54, 1.807) is 12.1 Å². The van der Waals surface area contributed by atoms with E-state index in [-0.39, 0.29) is 23.9 Å². The molecule has 2 amide bonds. The molecular weight excluding hydrogens is 318 g/mol. The second-order valence-electron chi connectivity index (χ2n) is 5.85. The van der Waals surface area contributed by atoms with Crippen molar-refractivity contribution in [3.8, 4) is 0 Å². The molecule has 1 unspecified atom stereocenters. The molecule has 0 spiro atoms. The van der Waals surface area contributed by atoms with Gasteiger partial charge in [-0.05, 0) is 25.0 Å². The van der Waals surface area contributed by atoms with Crippen molar-refractivity contribution in [3.05, 3.63) is 29.6 Å². The van der Waals surface area contributed by atoms with Crippen molar-refractivity contribution in [3.63, 3.8) is 0 Å². The molecule has 8 heteroatoms. The third kappa shape index (κ3) is 2.76. The van der Waals surface area contributed by atoms with Gasteiger partial charge in [0.1, 0.15) is 5.69 Å². The van der Waals surface area contributed by atoms with E-state index in [1.165, 1.54) is 15.4 Å². The fraction of sp³-hybridized carbons (Fsp3) is 0.533. The Morgan fingerprint density at radius 1 is 1.30 bits per heavy atom. The number of fused-ring (bicyclic) bond motifs is 1. The number of hydrogen-bond acceptors (Lipinski definition) is 5. The van der Waals surface area contributed by atoms with Gasteiger partial charge in [-0.25, -0.2) is 8.42 Å². The zero-order valence-corrected chi connectivity index (χ0v) is 13.8. The molecular formula is C15H19N3O4S. The maximum Gasteiger partial charge on any atom is 0.280 e. The lowest BCUT2D eigenvalue weighted by atomic mass is 10.2. The Morgan fingerprint density at radius 3 is 2.78 bits per heavy atom. The lowest BCUT2D eigenvalue weighted by Gasteiger charge is -2.22. The SMILES string of the molecule is CCCCS(=O)(=O)N1CCC(N2C(=O)c3cccnc3C2=O)C1. The monoisotopic (exact) mass is 337 g/mol. The smallest absolute Gasteiger partial charge is 0.268 e. The molecule has 3 heterocycles. The number of pyridine rings is 1. The van der Waals surface area contributed by atoms with Crippen LogP contribution in [0.2, 0.25) is 0 Å². The third-order valence-corrected chi connectivity index (χ3v) is 6.24. The number of nitrogens with zero attached hydrogens (tertiary/aromatic N) is 3. The predicted molar refractivity (Wildman–Crippen MR) is 83.4 cm³/mol. The lowest BCUT2D eigenvalue weighted by molar-refractivity contribution is 0.0591. The summed E-state index contributed by atoms with van der Waals surface area (Å²) in [6, 6.07) is 2.78. The molecule has 2 aliphatic rings. The number of hydrogen-bond donors (Lipinski definition) is 0. The van der Waals surface area contributed by atoms with Gasteiger partial charge in [0, 0.05) is 19.3 Å². The maximum atomic E-state index is 12.4. The Labute approximate surface area is 135 Å². The van der Waals surface area contributed by atoms with Crippen LogP contribution < -0.4 is 0 Å². The standard InChI is InChI=1S/C15H19N3O4S/c1-2-3-9-23(21,22)17-8-6-11(10-17)18-14(19)12-5-4-7-16-13(12)15(18)20/h4-5,7,11H,2-3,6,8-10H2,1H3. The topological polar surface area (TPSA) is 87.7 Å². The van der Waals surface area contributed by atoms with Crippen LogP contribution in [-0.2, 0) is 10.0 Å². The minimum atomic E-state index is -3.32. The molecule has 3 rings (SSSR count). The van der Waals surface area contributed by atoms with E-state index in [9.17, 15) is 18.0 Å². The van der Waals surface area contributed by atoms with Crippen molar-refractivity contribution in [2.75, 3.05) is 18.8 Å². The van der Waals surface area contributed by atoms with E-state index in [2.05, 4.69) is 4.98 Å². The number of amides is 2. The van der Waals surface area contributed by atoms with Crippen molar-refractivity contribution in [2.24, 2.45) is 0 Å². The quantitative estimate of drug-likeness (QED) is 0.744. The van der Waals surface area contributed by atoms with Crippen LogP contribution in [0.4, 0.5) is 0 Å². The Bertz CT molecular complexity index is 712. The fourth-order valence-electron chi connectivity index (χ4n) is 3.05. The van der Waals surface area contributed by atoms with E-state index >= 15 is 0 Å². The minimum Gasteiger partial charge on any atom is -0.268 e. The number of carbonyl (C=O) groups is 2. The summed E-state index contributed by atoms with van der Waals surface area (Å²) in [6.45, 7) is 2.46. The lowest BCUT2D eigenvalue weighted by Crippen LogP contribution is -2.42. The molecule has 23 heavy (non-hydrogen) atoms. The zero-order valence-electron chi connectivity index (χ0n) is 12.9. The van der Waals surface area contributed by atoms with Crippen molar-refractivity contribution < 1.29 is 18.0 Å². The molecule has 124 valence electrons. The molecule has 1 atom stereocenters. The summed E-state index contributed by atoms with van der Waals surface area (Å²) in [4.78, 5) is 30.0. The molecule has 0 N–H and O–H groups in total. The second kappa shape index (κ2) is 6.01. The highest BCUT2D eigenvalue weighted by Gasteiger charge is 2.44. The van der Waals surface area contributed by atoms with Crippen LogP contribution in [0.25, 0.3) is 0 Å². The fourth-order valence-corrected chi connectivity index (χ4v) is 4.74. The molecule has 0 aliphatic carbocycles. The first-order valence-electron chi connectivity index (χ1n) is 7.76. The first-order valence-corrected chi connectivity index (χ1v) is 9.37. The van der Waals surface area contributed by atoms with Crippen LogP contribution >= 0.6 is 0 Å². The highest BCUT2D eigenvalue weighted by Crippen LogP contribution is 2.28. The molecule has 0 aromatic carbocycles. The van der Waals surface area contributed by atoms with Crippen molar-refractivity contribution in [1.82, 2.24) is 14.2 Å². The van der Waals surface area contributed by atoms with Gasteiger partial charge < -0.3 is 0 Å². The van der Waals surface area contributed by atoms with Crippen molar-refractivity contribution in [2.45, 2.75) is 32.2 Å². The molecule has 1 aromatic rings. The number of unbranched alkanes of at least 4 members (excludes halogenated alkanes) is 1. The van der Waals surface area contributed by atoms with Crippen molar-refractivity contribution >= 4 is 21.8 Å². The van der Waals surface area contributed by atoms with Crippen LogP contribution in [0.15, 0.2) is 18.3 Å². The molecule has 0 radical (unpaired) electrons. The van der Waals surface area contributed by atoms with Crippen LogP contribution in [0.3, 0.4) is 0 Å². The highest BCUT2D eigenvalue weighted by atomic mass is 32.2. The van der Waals surface area contributed by atoms with Gasteiger partial charge in [-0.3, -0.25) is 19.5 Å². The summed E-state index contributed by atoms with van der Waals surface area (Å²) in [7, 11) is -3.32. The molecule has 1 fully saturated rings. The molecule has 2 aliphatic heterocycles. The average Bonchev–Trinajstić information content (AvgIpc) is 3.11. The van der Waals surface area contributed by atoms with E-state index in [0.29, 0.717) is 24.9 Å². The maximum absolute atomic E-state index is 12.4. The Hall–Kier alpha value is -1.80. The van der Waals surface area contributed by atoms with Gasteiger partial charge in [-0.2, -0.15) is 4.31 Å². The summed E-state index contributed by atoms with van der Waals surface area (Å²) in [5, 5.41) is 0. The Morgan fingerprint density at radius 2 is 2.09 bits per heavy atom. The summed E-state index contributed by atoms with van der Waals surface area (Å²) in [5.74, 6) is -0.695. The van der Waals surface area contributed by atoms with E-state index in [1.807, 2.05) is 6.92 Å². The number of imide groups is 1. The predicted octanol–water partition coefficient (Wildman–Crippen LogP) is 0.882. The molecule has 0 bridgehead atoms. The van der Waals surface area contributed by atoms with Gasteiger partial charge in [0.25, 0.3) is 11.8 Å². The van der Waals surface area contributed by atoms with Gasteiger partial charge in [0.05, 0.1) is 17.4 Å². The highest BCUT2D eigenvalue weighted by molar-refractivity contribution is 7.89. The van der Waals surface area contributed by atoms with E-state index < -0.39 is 22.0 Å². The van der Waals surface area contributed by atoms with E-state index in [4.69, 9.17) is 0 Å². The normalized spacial score (nSPS) is 22.0. The minimum absolute atomic E-state index is 0.111. The summed E-state index contributed by atoms with van der Waals surface area (Å²) >= 11 is 0. The first-order chi connectivity index (χ1) is 11.0. The average molecular weight is 337 g/mol. The molecule has 7 nitrogen and oxygen atoms in total. The molecule has 1 saturated heterocycles. The zero-order chi connectivity index (χ0) is 16.6. The number of rotatable bonds is 5. The van der Waals surface area contributed by atoms with Crippen LogP contribution in [0.5, 0.6) is 0 Å². The van der Waals surface area contributed by atoms with Crippen molar-refractivity contribution in [1.29, 1.82) is 0 Å². The molecule has 1 aromatic heterocycles. The summed E-state index contributed by atoms with van der Waals surface area (Å²) in [6.07, 6.45) is 3.36. The third-order valence-electron chi connectivity index (χ3n) is 4.32. The van der Waals surface area contributed by atoms with Gasteiger partial charge in [-0.15, -0.1) is 0 Å². The Balaban J connectivity index is 1.76. The van der Waals surface area contributed by atoms with Gasteiger partial charge in [0.15, 0.2) is 0 Å².